The smallest absolute Gasteiger partial charge is 0.254 e. The summed E-state index contributed by atoms with van der Waals surface area (Å²) in [4.78, 5) is 26.1. The Balaban J connectivity index is 1.43. The molecule has 7 nitrogen and oxygen atoms in total. The third kappa shape index (κ3) is 4.92. The maximum Gasteiger partial charge on any atom is 0.254 e. The third-order valence-corrected chi connectivity index (χ3v) is 5.53. The first kappa shape index (κ1) is 19.8. The second-order valence-electron chi connectivity index (χ2n) is 8.05. The van der Waals surface area contributed by atoms with Crippen LogP contribution in [0.2, 0.25) is 0 Å². The van der Waals surface area contributed by atoms with Gasteiger partial charge in [-0.2, -0.15) is 0 Å². The molecule has 154 valence electrons. The Hall–Kier alpha value is -2.51. The average molecular weight is 396 g/mol. The summed E-state index contributed by atoms with van der Waals surface area (Å²) >= 11 is 0. The van der Waals surface area contributed by atoms with Crippen molar-refractivity contribution in [1.29, 1.82) is 0 Å². The van der Waals surface area contributed by atoms with Crippen LogP contribution in [0.3, 0.4) is 0 Å². The van der Waals surface area contributed by atoms with Gasteiger partial charge in [-0.05, 0) is 51.0 Å². The van der Waals surface area contributed by atoms with Crippen LogP contribution in [0.15, 0.2) is 42.7 Å². The predicted molar refractivity (Wildman–Crippen MR) is 112 cm³/mol. The normalized spacial score (nSPS) is 25.2. The number of carbonyl (C=O) groups excluding carboxylic acids is 1. The van der Waals surface area contributed by atoms with E-state index in [0.717, 1.165) is 44.7 Å². The van der Waals surface area contributed by atoms with E-state index in [0.29, 0.717) is 11.5 Å². The summed E-state index contributed by atoms with van der Waals surface area (Å²) in [5, 5.41) is 3.16. The molecule has 2 aliphatic rings. The molecule has 0 unspecified atom stereocenters. The number of likely N-dealkylation sites (tertiary alicyclic amines) is 1. The highest BCUT2D eigenvalue weighted by molar-refractivity contribution is 5.95. The Morgan fingerprint density at radius 3 is 2.69 bits per heavy atom. The molecular weight excluding hydrogens is 366 g/mol. The van der Waals surface area contributed by atoms with Crippen molar-refractivity contribution in [2.24, 2.45) is 0 Å². The zero-order chi connectivity index (χ0) is 20.2. The molecule has 29 heavy (non-hydrogen) atoms. The number of nitrogens with one attached hydrogen (secondary N) is 1. The lowest BCUT2D eigenvalue weighted by molar-refractivity contribution is -0.0715. The Labute approximate surface area is 172 Å². The van der Waals surface area contributed by atoms with Crippen molar-refractivity contribution < 1.29 is 9.53 Å². The number of amides is 1. The van der Waals surface area contributed by atoms with Crippen LogP contribution < -0.4 is 5.32 Å². The van der Waals surface area contributed by atoms with Crippen LogP contribution in [0.1, 0.15) is 37.0 Å². The first-order valence-corrected chi connectivity index (χ1v) is 10.4. The molecule has 2 aliphatic heterocycles. The van der Waals surface area contributed by atoms with Gasteiger partial charge in [-0.1, -0.05) is 6.07 Å². The van der Waals surface area contributed by atoms with Gasteiger partial charge in [0.25, 0.3) is 5.91 Å². The number of anilines is 2. The van der Waals surface area contributed by atoms with Crippen LogP contribution in [-0.2, 0) is 4.74 Å². The summed E-state index contributed by atoms with van der Waals surface area (Å²) in [5.74, 6) is 0.617. The van der Waals surface area contributed by atoms with Crippen molar-refractivity contribution in [3.63, 3.8) is 0 Å². The number of aromatic nitrogens is 2. The standard InChI is InChI=1S/C22H29N5O2/c1-16-13-26(14-17(2)29-16)15-20-8-4-11-27(20)21(28)18-6-3-7-19(12-18)25-22-23-9-5-10-24-22/h3,5-7,9-10,12,16-17,20H,4,8,11,13-15H2,1-2H3,(H,23,24,25)/t16-,17+,20-/m1/s1. The van der Waals surface area contributed by atoms with E-state index in [4.69, 9.17) is 4.74 Å². The average Bonchev–Trinajstić information content (AvgIpc) is 3.15. The largest absolute Gasteiger partial charge is 0.373 e. The van der Waals surface area contributed by atoms with Crippen molar-refractivity contribution in [1.82, 2.24) is 19.8 Å². The second-order valence-corrected chi connectivity index (χ2v) is 8.05. The molecule has 0 radical (unpaired) electrons. The van der Waals surface area contributed by atoms with Crippen LogP contribution in [0.4, 0.5) is 11.6 Å². The number of benzene rings is 1. The van der Waals surface area contributed by atoms with Crippen molar-refractivity contribution in [2.45, 2.75) is 44.9 Å². The monoisotopic (exact) mass is 395 g/mol. The number of hydrogen-bond acceptors (Lipinski definition) is 6. The highest BCUT2D eigenvalue weighted by Gasteiger charge is 2.32. The molecule has 2 aromatic rings. The molecule has 1 N–H and O–H groups in total. The van der Waals surface area contributed by atoms with Crippen molar-refractivity contribution in [3.05, 3.63) is 48.3 Å². The summed E-state index contributed by atoms with van der Waals surface area (Å²) in [6.45, 7) is 7.83. The molecule has 2 saturated heterocycles. The lowest BCUT2D eigenvalue weighted by atomic mass is 10.1. The van der Waals surface area contributed by atoms with Crippen LogP contribution in [0.5, 0.6) is 0 Å². The summed E-state index contributed by atoms with van der Waals surface area (Å²) in [6, 6.07) is 9.61. The minimum absolute atomic E-state index is 0.0967. The van der Waals surface area contributed by atoms with Gasteiger partial charge in [-0.3, -0.25) is 9.69 Å². The topological polar surface area (TPSA) is 70.6 Å². The Kier molecular flexibility index (Phi) is 6.06. The summed E-state index contributed by atoms with van der Waals surface area (Å²) in [6.07, 6.45) is 5.97. The van der Waals surface area contributed by atoms with Crippen LogP contribution in [0.25, 0.3) is 0 Å². The number of rotatable bonds is 5. The summed E-state index contributed by atoms with van der Waals surface area (Å²) in [5.41, 5.74) is 1.51. The number of nitrogens with zero attached hydrogens (tertiary/aromatic N) is 4. The number of hydrogen-bond donors (Lipinski definition) is 1. The van der Waals surface area contributed by atoms with Crippen molar-refractivity contribution in [2.75, 3.05) is 31.5 Å². The van der Waals surface area contributed by atoms with Gasteiger partial charge in [-0.25, -0.2) is 9.97 Å². The molecule has 3 atom stereocenters. The molecule has 7 heteroatoms. The third-order valence-electron chi connectivity index (χ3n) is 5.53. The molecule has 1 amide bonds. The molecule has 0 aliphatic carbocycles. The SMILES string of the molecule is C[C@@H]1CN(C[C@H]2CCCN2C(=O)c2cccc(Nc3ncccn3)c2)C[C@H](C)O1. The van der Waals surface area contributed by atoms with Crippen molar-refractivity contribution >= 4 is 17.5 Å². The van der Waals surface area contributed by atoms with E-state index in [2.05, 4.69) is 34.0 Å². The molecule has 0 spiro atoms. The molecule has 4 rings (SSSR count). The molecule has 3 heterocycles. The maximum atomic E-state index is 13.3. The van der Waals surface area contributed by atoms with E-state index in [9.17, 15) is 4.79 Å². The fourth-order valence-electron chi connectivity index (χ4n) is 4.41. The van der Waals surface area contributed by atoms with Crippen LogP contribution in [0, 0.1) is 0 Å². The number of morpholine rings is 1. The minimum atomic E-state index is 0.0967. The molecule has 0 saturated carbocycles. The van der Waals surface area contributed by atoms with E-state index in [1.165, 1.54) is 0 Å². The quantitative estimate of drug-likeness (QED) is 0.839. The van der Waals surface area contributed by atoms with E-state index in [1.807, 2.05) is 29.2 Å². The second kappa shape index (κ2) is 8.88. The van der Waals surface area contributed by atoms with Crippen molar-refractivity contribution in [3.8, 4) is 0 Å². The zero-order valence-electron chi connectivity index (χ0n) is 17.1. The van der Waals surface area contributed by atoms with Gasteiger partial charge in [-0.15, -0.1) is 0 Å². The van der Waals surface area contributed by atoms with Crippen LogP contribution >= 0.6 is 0 Å². The Morgan fingerprint density at radius 1 is 1.17 bits per heavy atom. The van der Waals surface area contributed by atoms with Gasteiger partial charge in [0.1, 0.15) is 0 Å². The Bertz CT molecular complexity index is 821. The van der Waals surface area contributed by atoms with Gasteiger partial charge in [0.05, 0.1) is 12.2 Å². The summed E-state index contributed by atoms with van der Waals surface area (Å²) in [7, 11) is 0. The molecular formula is C22H29N5O2. The predicted octanol–water partition coefficient (Wildman–Crippen LogP) is 2.93. The fourth-order valence-corrected chi connectivity index (χ4v) is 4.41. The number of ether oxygens (including phenoxy) is 1. The molecule has 2 fully saturated rings. The van der Waals surface area contributed by atoms with Gasteiger partial charge in [0.15, 0.2) is 0 Å². The minimum Gasteiger partial charge on any atom is -0.373 e. The highest BCUT2D eigenvalue weighted by atomic mass is 16.5. The first-order chi connectivity index (χ1) is 14.1. The lowest BCUT2D eigenvalue weighted by Gasteiger charge is -2.38. The van der Waals surface area contributed by atoms with Gasteiger partial charge >= 0.3 is 0 Å². The zero-order valence-corrected chi connectivity index (χ0v) is 17.1. The molecule has 1 aromatic carbocycles. The highest BCUT2D eigenvalue weighted by Crippen LogP contribution is 2.24. The van der Waals surface area contributed by atoms with E-state index >= 15 is 0 Å². The van der Waals surface area contributed by atoms with E-state index in [1.54, 1.807) is 18.5 Å². The van der Waals surface area contributed by atoms with E-state index in [-0.39, 0.29) is 24.2 Å². The fraction of sp³-hybridized carbons (Fsp3) is 0.500. The molecule has 1 aromatic heterocycles. The number of carbonyl (C=O) groups is 1. The van der Waals surface area contributed by atoms with Gasteiger partial charge in [0.2, 0.25) is 5.95 Å². The van der Waals surface area contributed by atoms with Gasteiger partial charge in [0, 0.05) is 55.9 Å². The first-order valence-electron chi connectivity index (χ1n) is 10.4. The van der Waals surface area contributed by atoms with Crippen LogP contribution in [-0.4, -0.2) is 70.1 Å². The maximum absolute atomic E-state index is 13.3. The van der Waals surface area contributed by atoms with Gasteiger partial charge < -0.3 is 15.0 Å². The lowest BCUT2D eigenvalue weighted by Crippen LogP contribution is -2.50. The molecule has 0 bridgehead atoms. The van der Waals surface area contributed by atoms with E-state index < -0.39 is 0 Å². The summed E-state index contributed by atoms with van der Waals surface area (Å²) < 4.78 is 5.85. The Morgan fingerprint density at radius 2 is 1.93 bits per heavy atom.